The minimum absolute atomic E-state index is 0.114. The van der Waals surface area contributed by atoms with Crippen LogP contribution >= 0.6 is 0 Å². The molecule has 4 rings (SSSR count). The van der Waals surface area contributed by atoms with Gasteiger partial charge in [-0.2, -0.15) is 0 Å². The predicted octanol–water partition coefficient (Wildman–Crippen LogP) is 2.01. The SMILES string of the molecule is CNS(=O)(=O)c1cccc(Nc2ncnc3[nH]c4cc(S(=O)(=O)N(C)C)ccc4c23)c1. The number of aromatic amines is 1. The van der Waals surface area contributed by atoms with Gasteiger partial charge in [0.25, 0.3) is 0 Å². The highest BCUT2D eigenvalue weighted by Crippen LogP contribution is 2.32. The van der Waals surface area contributed by atoms with E-state index in [2.05, 4.69) is 25.0 Å². The second kappa shape index (κ2) is 7.57. The number of hydrogen-bond donors (Lipinski definition) is 3. The highest BCUT2D eigenvalue weighted by molar-refractivity contribution is 7.89. The molecule has 162 valence electrons. The maximum atomic E-state index is 12.5. The van der Waals surface area contributed by atoms with Crippen LogP contribution in [-0.4, -0.2) is 57.2 Å². The molecule has 0 bridgehead atoms. The summed E-state index contributed by atoms with van der Waals surface area (Å²) in [5.41, 5.74) is 1.64. The first-order chi connectivity index (χ1) is 14.6. The molecule has 0 aliphatic heterocycles. The van der Waals surface area contributed by atoms with E-state index in [9.17, 15) is 16.8 Å². The molecular weight excluding hydrogens is 440 g/mol. The number of aromatic nitrogens is 3. The average Bonchev–Trinajstić information content (AvgIpc) is 3.12. The first-order valence-electron chi connectivity index (χ1n) is 9.13. The van der Waals surface area contributed by atoms with E-state index in [-0.39, 0.29) is 9.79 Å². The molecular formula is C19H20N6O4S2. The zero-order valence-electron chi connectivity index (χ0n) is 16.9. The van der Waals surface area contributed by atoms with Crippen LogP contribution in [0.15, 0.2) is 58.6 Å². The van der Waals surface area contributed by atoms with Crippen molar-refractivity contribution in [3.05, 3.63) is 48.8 Å². The molecule has 0 aliphatic carbocycles. The van der Waals surface area contributed by atoms with Gasteiger partial charge in [0.15, 0.2) is 0 Å². The molecule has 4 aromatic rings. The summed E-state index contributed by atoms with van der Waals surface area (Å²) in [6.45, 7) is 0. The van der Waals surface area contributed by atoms with E-state index in [0.717, 1.165) is 9.69 Å². The molecule has 0 radical (unpaired) electrons. The van der Waals surface area contributed by atoms with Crippen molar-refractivity contribution >= 4 is 53.5 Å². The van der Waals surface area contributed by atoms with Crippen molar-refractivity contribution in [1.82, 2.24) is 24.0 Å². The minimum atomic E-state index is -3.59. The Balaban J connectivity index is 1.82. The number of anilines is 2. The standard InChI is InChI=1S/C19H20N6O4S2/c1-20-30(26,27)13-6-4-5-12(9-13)23-18-17-15-8-7-14(31(28,29)25(2)3)10-16(15)24-19(17)22-11-21-18/h4-11,20H,1-3H3,(H2,21,22,23,24). The molecule has 3 N–H and O–H groups in total. The van der Waals surface area contributed by atoms with Gasteiger partial charge in [-0.05, 0) is 37.4 Å². The van der Waals surface area contributed by atoms with Gasteiger partial charge < -0.3 is 10.3 Å². The number of H-pyrrole nitrogens is 1. The predicted molar refractivity (Wildman–Crippen MR) is 118 cm³/mol. The van der Waals surface area contributed by atoms with Crippen molar-refractivity contribution in [1.29, 1.82) is 0 Å². The largest absolute Gasteiger partial charge is 0.340 e. The highest BCUT2D eigenvalue weighted by Gasteiger charge is 2.20. The van der Waals surface area contributed by atoms with Gasteiger partial charge >= 0.3 is 0 Å². The Morgan fingerprint density at radius 1 is 0.968 bits per heavy atom. The Bertz CT molecular complexity index is 1510. The van der Waals surface area contributed by atoms with E-state index in [0.29, 0.717) is 28.1 Å². The average molecular weight is 461 g/mol. The van der Waals surface area contributed by atoms with Crippen LogP contribution in [0.3, 0.4) is 0 Å². The number of rotatable bonds is 6. The molecule has 0 unspecified atom stereocenters. The van der Waals surface area contributed by atoms with Crippen LogP contribution in [0, 0.1) is 0 Å². The van der Waals surface area contributed by atoms with Gasteiger partial charge in [-0.1, -0.05) is 12.1 Å². The van der Waals surface area contributed by atoms with Crippen molar-refractivity contribution in [3.63, 3.8) is 0 Å². The summed E-state index contributed by atoms with van der Waals surface area (Å²) in [6, 6.07) is 11.1. The third-order valence-corrected chi connectivity index (χ3v) is 8.04. The monoisotopic (exact) mass is 460 g/mol. The van der Waals surface area contributed by atoms with E-state index in [1.807, 2.05) is 0 Å². The van der Waals surface area contributed by atoms with Crippen LogP contribution in [0.4, 0.5) is 11.5 Å². The van der Waals surface area contributed by atoms with Gasteiger partial charge in [0.1, 0.15) is 17.8 Å². The summed E-state index contributed by atoms with van der Waals surface area (Å²) in [7, 11) is -2.89. The zero-order chi connectivity index (χ0) is 22.4. The van der Waals surface area contributed by atoms with Gasteiger partial charge in [-0.25, -0.2) is 35.8 Å². The quantitative estimate of drug-likeness (QED) is 0.400. The fourth-order valence-corrected chi connectivity index (χ4v) is 4.87. The fraction of sp³-hybridized carbons (Fsp3) is 0.158. The third kappa shape index (κ3) is 3.74. The number of nitrogens with zero attached hydrogens (tertiary/aromatic N) is 3. The van der Waals surface area contributed by atoms with Crippen LogP contribution in [-0.2, 0) is 20.0 Å². The van der Waals surface area contributed by atoms with Crippen LogP contribution in [0.2, 0.25) is 0 Å². The molecule has 0 fully saturated rings. The molecule has 0 aliphatic rings. The lowest BCUT2D eigenvalue weighted by Crippen LogP contribution is -2.22. The Kier molecular flexibility index (Phi) is 5.17. The Hall–Kier alpha value is -3.06. The molecule has 31 heavy (non-hydrogen) atoms. The zero-order valence-corrected chi connectivity index (χ0v) is 18.5. The molecule has 0 spiro atoms. The number of fused-ring (bicyclic) bond motifs is 3. The van der Waals surface area contributed by atoms with E-state index >= 15 is 0 Å². The van der Waals surface area contributed by atoms with Gasteiger partial charge in [0.05, 0.1) is 15.2 Å². The topological polar surface area (TPSA) is 137 Å². The summed E-state index contributed by atoms with van der Waals surface area (Å²) in [5, 5.41) is 4.53. The van der Waals surface area contributed by atoms with Gasteiger partial charge in [-0.15, -0.1) is 0 Å². The third-order valence-electron chi connectivity index (χ3n) is 4.82. The van der Waals surface area contributed by atoms with Crippen LogP contribution < -0.4 is 10.0 Å². The maximum Gasteiger partial charge on any atom is 0.242 e. The van der Waals surface area contributed by atoms with Gasteiger partial charge in [0.2, 0.25) is 20.0 Å². The smallest absolute Gasteiger partial charge is 0.242 e. The number of sulfonamides is 2. The summed E-state index contributed by atoms with van der Waals surface area (Å²) in [5.74, 6) is 0.457. The lowest BCUT2D eigenvalue weighted by Gasteiger charge is -2.11. The van der Waals surface area contributed by atoms with Crippen LogP contribution in [0.25, 0.3) is 21.9 Å². The molecule has 10 nitrogen and oxygen atoms in total. The molecule has 0 amide bonds. The van der Waals surface area contributed by atoms with Crippen molar-refractivity contribution in [2.45, 2.75) is 9.79 Å². The van der Waals surface area contributed by atoms with Crippen LogP contribution in [0.5, 0.6) is 0 Å². The maximum absolute atomic E-state index is 12.5. The second-order valence-electron chi connectivity index (χ2n) is 6.93. The second-order valence-corrected chi connectivity index (χ2v) is 11.0. The summed E-state index contributed by atoms with van der Waals surface area (Å²) in [4.78, 5) is 11.9. The Labute approximate surface area is 179 Å². The van der Waals surface area contributed by atoms with E-state index in [1.54, 1.807) is 24.3 Å². The molecule has 2 heterocycles. The first-order valence-corrected chi connectivity index (χ1v) is 12.1. The Morgan fingerprint density at radius 3 is 2.45 bits per heavy atom. The van der Waals surface area contributed by atoms with Crippen LogP contribution in [0.1, 0.15) is 0 Å². The van der Waals surface area contributed by atoms with Gasteiger partial charge in [0, 0.05) is 30.7 Å². The van der Waals surface area contributed by atoms with Crippen molar-refractivity contribution in [2.75, 3.05) is 26.5 Å². The van der Waals surface area contributed by atoms with Crippen molar-refractivity contribution < 1.29 is 16.8 Å². The van der Waals surface area contributed by atoms with Crippen molar-refractivity contribution in [2.24, 2.45) is 0 Å². The lowest BCUT2D eigenvalue weighted by molar-refractivity contribution is 0.521. The lowest BCUT2D eigenvalue weighted by atomic mass is 10.2. The molecule has 0 atom stereocenters. The van der Waals surface area contributed by atoms with E-state index in [1.165, 1.54) is 45.7 Å². The number of benzene rings is 2. The fourth-order valence-electron chi connectivity index (χ4n) is 3.17. The molecule has 12 heteroatoms. The minimum Gasteiger partial charge on any atom is -0.340 e. The number of nitrogens with one attached hydrogen (secondary N) is 3. The van der Waals surface area contributed by atoms with E-state index in [4.69, 9.17) is 0 Å². The summed E-state index contributed by atoms with van der Waals surface area (Å²) < 4.78 is 52.5. The number of hydrogen-bond acceptors (Lipinski definition) is 7. The molecule has 2 aromatic carbocycles. The first kappa shape index (κ1) is 21.2. The Morgan fingerprint density at radius 2 is 1.74 bits per heavy atom. The van der Waals surface area contributed by atoms with Crippen molar-refractivity contribution in [3.8, 4) is 0 Å². The van der Waals surface area contributed by atoms with E-state index < -0.39 is 20.0 Å². The molecule has 0 saturated heterocycles. The molecule has 0 saturated carbocycles. The highest BCUT2D eigenvalue weighted by atomic mass is 32.2. The summed E-state index contributed by atoms with van der Waals surface area (Å²) >= 11 is 0. The van der Waals surface area contributed by atoms with Gasteiger partial charge in [-0.3, -0.25) is 0 Å². The molecule has 2 aromatic heterocycles. The summed E-state index contributed by atoms with van der Waals surface area (Å²) in [6.07, 6.45) is 1.37. The normalized spacial score (nSPS) is 12.6.